The average molecular weight is 273 g/mol. The fourth-order valence-electron chi connectivity index (χ4n) is 2.20. The van der Waals surface area contributed by atoms with Crippen molar-refractivity contribution in [1.82, 2.24) is 15.2 Å². The van der Waals surface area contributed by atoms with Crippen molar-refractivity contribution in [1.29, 1.82) is 0 Å². The second-order valence-electron chi connectivity index (χ2n) is 5.13. The van der Waals surface area contributed by atoms with Crippen molar-refractivity contribution in [3.05, 3.63) is 53.2 Å². The molecule has 0 amide bonds. The zero-order chi connectivity index (χ0) is 14.4. The minimum absolute atomic E-state index is 0.802. The van der Waals surface area contributed by atoms with Crippen LogP contribution >= 0.6 is 0 Å². The molecule has 20 heavy (non-hydrogen) atoms. The van der Waals surface area contributed by atoms with E-state index in [-0.39, 0.29) is 0 Å². The van der Waals surface area contributed by atoms with Crippen molar-refractivity contribution < 1.29 is 4.42 Å². The Labute approximate surface area is 120 Å². The van der Waals surface area contributed by atoms with E-state index in [0.29, 0.717) is 0 Å². The maximum atomic E-state index is 5.91. The Hall–Kier alpha value is -1.65. The van der Waals surface area contributed by atoms with Crippen molar-refractivity contribution in [3.8, 4) is 0 Å². The lowest BCUT2D eigenvalue weighted by Gasteiger charge is -2.14. The maximum absolute atomic E-state index is 5.91. The monoisotopic (exact) mass is 273 g/mol. The normalized spacial score (nSPS) is 11.2. The molecule has 0 saturated carbocycles. The molecule has 4 nitrogen and oxygen atoms in total. The molecule has 0 fully saturated rings. The van der Waals surface area contributed by atoms with Gasteiger partial charge in [-0.25, -0.2) is 0 Å². The van der Waals surface area contributed by atoms with E-state index in [1.807, 2.05) is 24.5 Å². The van der Waals surface area contributed by atoms with Crippen LogP contribution in [0.4, 0.5) is 0 Å². The molecule has 1 N–H and O–H groups in total. The smallest absolute Gasteiger partial charge is 0.120 e. The van der Waals surface area contributed by atoms with E-state index >= 15 is 0 Å². The van der Waals surface area contributed by atoms with Crippen LogP contribution in [0.15, 0.2) is 35.0 Å². The molecule has 0 aliphatic heterocycles. The lowest BCUT2D eigenvalue weighted by Crippen LogP contribution is -2.16. The van der Waals surface area contributed by atoms with Gasteiger partial charge in [0.15, 0.2) is 0 Å². The number of hydrogen-bond donors (Lipinski definition) is 1. The summed E-state index contributed by atoms with van der Waals surface area (Å²) < 4.78 is 5.91. The molecule has 0 aliphatic carbocycles. The summed E-state index contributed by atoms with van der Waals surface area (Å²) in [6.07, 6.45) is 3.66. The molecule has 2 rings (SSSR count). The highest BCUT2D eigenvalue weighted by atomic mass is 16.3. The molecular weight excluding hydrogens is 250 g/mol. The third-order valence-corrected chi connectivity index (χ3v) is 3.23. The van der Waals surface area contributed by atoms with Crippen LogP contribution in [0.3, 0.4) is 0 Å². The molecule has 0 aliphatic rings. The number of pyridine rings is 1. The summed E-state index contributed by atoms with van der Waals surface area (Å²) in [7, 11) is 2.10. The second kappa shape index (κ2) is 7.22. The van der Waals surface area contributed by atoms with Crippen molar-refractivity contribution in [2.24, 2.45) is 0 Å². The van der Waals surface area contributed by atoms with Crippen LogP contribution in [0, 0.1) is 6.92 Å². The summed E-state index contributed by atoms with van der Waals surface area (Å²) in [4.78, 5) is 6.28. The molecule has 2 aromatic rings. The zero-order valence-corrected chi connectivity index (χ0v) is 12.5. The van der Waals surface area contributed by atoms with Crippen molar-refractivity contribution in [2.75, 3.05) is 13.6 Å². The molecule has 0 atom stereocenters. The van der Waals surface area contributed by atoms with E-state index < -0.39 is 0 Å². The van der Waals surface area contributed by atoms with Gasteiger partial charge in [-0.2, -0.15) is 0 Å². The average Bonchev–Trinajstić information content (AvgIpc) is 2.77. The molecule has 0 bridgehead atoms. The van der Waals surface area contributed by atoms with Gasteiger partial charge in [-0.05, 0) is 49.8 Å². The number of aryl methyl sites for hydroxylation is 1. The van der Waals surface area contributed by atoms with Gasteiger partial charge in [-0.15, -0.1) is 0 Å². The maximum Gasteiger partial charge on any atom is 0.120 e. The summed E-state index contributed by atoms with van der Waals surface area (Å²) in [5.74, 6) is 2.06. The van der Waals surface area contributed by atoms with Crippen LogP contribution in [0.25, 0.3) is 0 Å². The first-order chi connectivity index (χ1) is 9.69. The van der Waals surface area contributed by atoms with Gasteiger partial charge in [0.05, 0.1) is 13.1 Å². The predicted octanol–water partition coefficient (Wildman–Crippen LogP) is 2.72. The van der Waals surface area contributed by atoms with E-state index in [4.69, 9.17) is 4.42 Å². The van der Waals surface area contributed by atoms with Crippen molar-refractivity contribution in [2.45, 2.75) is 33.5 Å². The van der Waals surface area contributed by atoms with Gasteiger partial charge in [-0.3, -0.25) is 9.88 Å². The number of rotatable bonds is 7. The van der Waals surface area contributed by atoms with Gasteiger partial charge in [0.25, 0.3) is 0 Å². The highest BCUT2D eigenvalue weighted by molar-refractivity contribution is 5.20. The van der Waals surface area contributed by atoms with E-state index in [2.05, 4.69) is 42.2 Å². The van der Waals surface area contributed by atoms with Crippen LogP contribution in [-0.4, -0.2) is 23.5 Å². The molecule has 0 spiro atoms. The fourth-order valence-corrected chi connectivity index (χ4v) is 2.20. The van der Waals surface area contributed by atoms with Crippen LogP contribution in [0.5, 0.6) is 0 Å². The first-order valence-corrected chi connectivity index (χ1v) is 7.05. The van der Waals surface area contributed by atoms with Gasteiger partial charge < -0.3 is 9.73 Å². The summed E-state index contributed by atoms with van der Waals surface area (Å²) in [6, 6.07) is 6.22. The third kappa shape index (κ3) is 4.18. The Morgan fingerprint density at radius 2 is 2.00 bits per heavy atom. The topological polar surface area (TPSA) is 41.3 Å². The molecule has 0 saturated heterocycles. The first-order valence-electron chi connectivity index (χ1n) is 7.05. The molecule has 4 heteroatoms. The number of nitrogens with zero attached hydrogens (tertiary/aromatic N) is 2. The summed E-state index contributed by atoms with van der Waals surface area (Å²) in [6.45, 7) is 7.66. The van der Waals surface area contributed by atoms with Crippen LogP contribution in [0.2, 0.25) is 0 Å². The summed E-state index contributed by atoms with van der Waals surface area (Å²) >= 11 is 0. The second-order valence-corrected chi connectivity index (χ2v) is 5.13. The van der Waals surface area contributed by atoms with Gasteiger partial charge >= 0.3 is 0 Å². The quantitative estimate of drug-likeness (QED) is 0.842. The summed E-state index contributed by atoms with van der Waals surface area (Å²) in [5.41, 5.74) is 2.48. The Morgan fingerprint density at radius 1 is 1.25 bits per heavy atom. The number of hydrogen-bond acceptors (Lipinski definition) is 4. The lowest BCUT2D eigenvalue weighted by atomic mass is 10.2. The standard InChI is InChI=1S/C16H23N3O/c1-4-17-10-16-13(2)9-15(20-16)12-19(3)11-14-5-7-18-8-6-14/h5-9,17H,4,10-12H2,1-3H3. The van der Waals surface area contributed by atoms with E-state index in [0.717, 1.165) is 37.7 Å². The molecule has 0 radical (unpaired) electrons. The molecule has 108 valence electrons. The van der Waals surface area contributed by atoms with Crippen LogP contribution in [-0.2, 0) is 19.6 Å². The van der Waals surface area contributed by atoms with Crippen molar-refractivity contribution in [3.63, 3.8) is 0 Å². The molecule has 0 unspecified atom stereocenters. The predicted molar refractivity (Wildman–Crippen MR) is 80.2 cm³/mol. The Morgan fingerprint density at radius 3 is 2.70 bits per heavy atom. The Kier molecular flexibility index (Phi) is 5.32. The summed E-state index contributed by atoms with van der Waals surface area (Å²) in [5, 5.41) is 3.30. The van der Waals surface area contributed by atoms with Gasteiger partial charge in [0, 0.05) is 18.9 Å². The van der Waals surface area contributed by atoms with Gasteiger partial charge in [0.1, 0.15) is 11.5 Å². The molecule has 2 heterocycles. The number of furan rings is 1. The minimum Gasteiger partial charge on any atom is -0.463 e. The number of nitrogens with one attached hydrogen (secondary N) is 1. The van der Waals surface area contributed by atoms with E-state index in [1.54, 1.807) is 0 Å². The van der Waals surface area contributed by atoms with E-state index in [1.165, 1.54) is 11.1 Å². The highest BCUT2D eigenvalue weighted by Crippen LogP contribution is 2.16. The molecule has 0 aromatic carbocycles. The SMILES string of the molecule is CCNCc1oc(CN(C)Cc2ccncc2)cc1C. The largest absolute Gasteiger partial charge is 0.463 e. The van der Waals surface area contributed by atoms with Gasteiger partial charge in [-0.1, -0.05) is 6.92 Å². The van der Waals surface area contributed by atoms with Crippen LogP contribution in [0.1, 0.15) is 29.6 Å². The zero-order valence-electron chi connectivity index (χ0n) is 12.5. The number of aromatic nitrogens is 1. The fraction of sp³-hybridized carbons (Fsp3) is 0.438. The minimum atomic E-state index is 0.802. The van der Waals surface area contributed by atoms with Crippen LogP contribution < -0.4 is 5.32 Å². The Bertz CT molecular complexity index is 522. The first kappa shape index (κ1) is 14.8. The lowest BCUT2D eigenvalue weighted by molar-refractivity contribution is 0.282. The Balaban J connectivity index is 1.92. The molecule has 2 aromatic heterocycles. The highest BCUT2D eigenvalue weighted by Gasteiger charge is 2.09. The third-order valence-electron chi connectivity index (χ3n) is 3.23. The van der Waals surface area contributed by atoms with Gasteiger partial charge in [0.2, 0.25) is 0 Å². The van der Waals surface area contributed by atoms with Crippen molar-refractivity contribution >= 4 is 0 Å². The molecular formula is C16H23N3O. The van der Waals surface area contributed by atoms with E-state index in [9.17, 15) is 0 Å².